The molecular weight excluding hydrogens is 254 g/mol. The fourth-order valence-corrected chi connectivity index (χ4v) is 2.83. The number of anilines is 2. The summed E-state index contributed by atoms with van der Waals surface area (Å²) < 4.78 is 15.9. The second-order valence-corrected chi connectivity index (χ2v) is 5.63. The van der Waals surface area contributed by atoms with E-state index in [0.29, 0.717) is 36.1 Å². The van der Waals surface area contributed by atoms with E-state index in [0.717, 1.165) is 0 Å². The van der Waals surface area contributed by atoms with E-state index >= 15 is 0 Å². The van der Waals surface area contributed by atoms with Crippen molar-refractivity contribution >= 4 is 28.3 Å². The highest BCUT2D eigenvalue weighted by atomic mass is 32.2. The van der Waals surface area contributed by atoms with Gasteiger partial charge in [-0.3, -0.25) is 4.21 Å². The zero-order chi connectivity index (χ0) is 13.1. The number of aromatic nitrogens is 1. The number of hydrogen-bond donors (Lipinski definition) is 1. The van der Waals surface area contributed by atoms with Crippen LogP contribution in [0.5, 0.6) is 0 Å². The number of ether oxygens (including phenoxy) is 1. The Morgan fingerprint density at radius 2 is 2.11 bits per heavy atom. The standard InChI is InChI=1S/C11H15N3O3S/c1-17-11(15)9-3-2-8(12)10(13-9)14-4-6-18(16)7-5-14/h2-3H,4-7,12H2,1H3. The van der Waals surface area contributed by atoms with E-state index in [1.165, 1.54) is 13.2 Å². The number of pyridine rings is 1. The van der Waals surface area contributed by atoms with Gasteiger partial charge in [-0.15, -0.1) is 0 Å². The van der Waals surface area contributed by atoms with Crippen LogP contribution in [0.1, 0.15) is 10.5 Å². The maximum absolute atomic E-state index is 11.4. The Bertz CT molecular complexity index is 482. The van der Waals surface area contributed by atoms with Crippen LogP contribution in [0.2, 0.25) is 0 Å². The summed E-state index contributed by atoms with van der Waals surface area (Å²) in [6.45, 7) is 1.27. The number of esters is 1. The number of nitrogens with zero attached hydrogens (tertiary/aromatic N) is 2. The van der Waals surface area contributed by atoms with Crippen LogP contribution >= 0.6 is 0 Å². The molecule has 1 saturated heterocycles. The molecule has 0 aliphatic carbocycles. The van der Waals surface area contributed by atoms with Crippen molar-refractivity contribution in [3.63, 3.8) is 0 Å². The van der Waals surface area contributed by atoms with Crippen LogP contribution in [-0.4, -0.2) is 46.9 Å². The highest BCUT2D eigenvalue weighted by Gasteiger charge is 2.20. The highest BCUT2D eigenvalue weighted by Crippen LogP contribution is 2.22. The van der Waals surface area contributed by atoms with Crippen LogP contribution in [0.15, 0.2) is 12.1 Å². The second-order valence-electron chi connectivity index (χ2n) is 3.94. The van der Waals surface area contributed by atoms with Gasteiger partial charge in [0.05, 0.1) is 12.8 Å². The van der Waals surface area contributed by atoms with Gasteiger partial charge >= 0.3 is 5.97 Å². The lowest BCUT2D eigenvalue weighted by molar-refractivity contribution is 0.0594. The third-order valence-electron chi connectivity index (χ3n) is 2.78. The SMILES string of the molecule is COC(=O)c1ccc(N)c(N2CCS(=O)CC2)n1. The van der Waals surface area contributed by atoms with Gasteiger partial charge in [0.15, 0.2) is 11.5 Å². The molecule has 6 nitrogen and oxygen atoms in total. The van der Waals surface area contributed by atoms with Crippen molar-refractivity contribution in [3.8, 4) is 0 Å². The van der Waals surface area contributed by atoms with E-state index < -0.39 is 16.8 Å². The molecule has 1 aliphatic rings. The summed E-state index contributed by atoms with van der Waals surface area (Å²) >= 11 is 0. The molecule has 0 saturated carbocycles. The van der Waals surface area contributed by atoms with Crippen molar-refractivity contribution in [1.29, 1.82) is 0 Å². The zero-order valence-electron chi connectivity index (χ0n) is 10.1. The predicted molar refractivity (Wildman–Crippen MR) is 70.1 cm³/mol. The van der Waals surface area contributed by atoms with E-state index in [9.17, 15) is 9.00 Å². The van der Waals surface area contributed by atoms with Gasteiger partial charge < -0.3 is 15.4 Å². The van der Waals surface area contributed by atoms with Crippen molar-refractivity contribution < 1.29 is 13.7 Å². The van der Waals surface area contributed by atoms with Gasteiger partial charge in [0.2, 0.25) is 0 Å². The van der Waals surface area contributed by atoms with Gasteiger partial charge in [0.25, 0.3) is 0 Å². The quantitative estimate of drug-likeness (QED) is 0.762. The molecule has 1 aliphatic heterocycles. The van der Waals surface area contributed by atoms with Gasteiger partial charge in [0, 0.05) is 35.4 Å². The van der Waals surface area contributed by atoms with Crippen LogP contribution in [0.3, 0.4) is 0 Å². The average Bonchev–Trinajstić information content (AvgIpc) is 2.39. The van der Waals surface area contributed by atoms with Crippen LogP contribution < -0.4 is 10.6 Å². The maximum atomic E-state index is 11.4. The molecular formula is C11H15N3O3S. The van der Waals surface area contributed by atoms with E-state index in [2.05, 4.69) is 9.72 Å². The van der Waals surface area contributed by atoms with Gasteiger partial charge in [0.1, 0.15) is 0 Å². The van der Waals surface area contributed by atoms with Crippen molar-refractivity contribution in [2.45, 2.75) is 0 Å². The third kappa shape index (κ3) is 2.61. The Kier molecular flexibility index (Phi) is 3.81. The first-order valence-corrected chi connectivity index (χ1v) is 7.05. The molecule has 1 aromatic rings. The lowest BCUT2D eigenvalue weighted by Gasteiger charge is -2.28. The Balaban J connectivity index is 2.26. The zero-order valence-corrected chi connectivity index (χ0v) is 10.9. The molecule has 0 amide bonds. The summed E-state index contributed by atoms with van der Waals surface area (Å²) in [6.07, 6.45) is 0. The summed E-state index contributed by atoms with van der Waals surface area (Å²) in [5.41, 5.74) is 6.60. The topological polar surface area (TPSA) is 85.5 Å². The second kappa shape index (κ2) is 5.34. The van der Waals surface area contributed by atoms with E-state index in [-0.39, 0.29) is 5.69 Å². The molecule has 0 radical (unpaired) electrons. The minimum absolute atomic E-state index is 0.230. The lowest BCUT2D eigenvalue weighted by atomic mass is 10.3. The number of hydrogen-bond acceptors (Lipinski definition) is 6. The molecule has 0 unspecified atom stereocenters. The minimum atomic E-state index is -0.759. The Labute approximate surface area is 108 Å². The Morgan fingerprint density at radius 1 is 1.44 bits per heavy atom. The van der Waals surface area contributed by atoms with Gasteiger partial charge in [-0.25, -0.2) is 9.78 Å². The fourth-order valence-electron chi connectivity index (χ4n) is 1.78. The number of nitrogen functional groups attached to an aromatic ring is 1. The van der Waals surface area contributed by atoms with Crippen molar-refractivity contribution in [1.82, 2.24) is 4.98 Å². The first-order chi connectivity index (χ1) is 8.61. The first-order valence-electron chi connectivity index (χ1n) is 5.56. The number of carbonyl (C=O) groups is 1. The van der Waals surface area contributed by atoms with Crippen molar-refractivity contribution in [2.75, 3.05) is 42.3 Å². The van der Waals surface area contributed by atoms with E-state index in [4.69, 9.17) is 5.73 Å². The largest absolute Gasteiger partial charge is 0.464 e. The number of rotatable bonds is 2. The molecule has 0 spiro atoms. The molecule has 1 aromatic heterocycles. The lowest BCUT2D eigenvalue weighted by Crippen LogP contribution is -2.38. The smallest absolute Gasteiger partial charge is 0.356 e. The minimum Gasteiger partial charge on any atom is -0.464 e. The molecule has 2 N–H and O–H groups in total. The first kappa shape index (κ1) is 12.8. The van der Waals surface area contributed by atoms with Crippen LogP contribution in [-0.2, 0) is 15.5 Å². The molecule has 18 heavy (non-hydrogen) atoms. The fraction of sp³-hybridized carbons (Fsp3) is 0.455. The summed E-state index contributed by atoms with van der Waals surface area (Å²) in [4.78, 5) is 17.6. The van der Waals surface area contributed by atoms with Gasteiger partial charge in [-0.2, -0.15) is 0 Å². The van der Waals surface area contributed by atoms with Gasteiger partial charge in [-0.05, 0) is 12.1 Å². The van der Waals surface area contributed by atoms with E-state index in [1.54, 1.807) is 6.07 Å². The molecule has 0 aromatic carbocycles. The number of nitrogens with two attached hydrogens (primary N) is 1. The van der Waals surface area contributed by atoms with Crippen LogP contribution in [0.4, 0.5) is 11.5 Å². The monoisotopic (exact) mass is 269 g/mol. The molecule has 0 atom stereocenters. The maximum Gasteiger partial charge on any atom is 0.356 e. The Hall–Kier alpha value is -1.63. The summed E-state index contributed by atoms with van der Waals surface area (Å²) in [7, 11) is 0.551. The number of methoxy groups -OCH3 is 1. The highest BCUT2D eigenvalue weighted by molar-refractivity contribution is 7.85. The number of carbonyl (C=O) groups excluding carboxylic acids is 1. The van der Waals surface area contributed by atoms with E-state index in [1.807, 2.05) is 4.90 Å². The third-order valence-corrected chi connectivity index (χ3v) is 4.05. The molecule has 7 heteroatoms. The summed E-state index contributed by atoms with van der Waals surface area (Å²) in [6, 6.07) is 3.17. The molecule has 2 rings (SSSR count). The molecule has 1 fully saturated rings. The van der Waals surface area contributed by atoms with Crippen molar-refractivity contribution in [2.24, 2.45) is 0 Å². The van der Waals surface area contributed by atoms with Crippen molar-refractivity contribution in [3.05, 3.63) is 17.8 Å². The molecule has 2 heterocycles. The Morgan fingerprint density at radius 3 is 2.72 bits per heavy atom. The van der Waals surface area contributed by atoms with Crippen LogP contribution in [0, 0.1) is 0 Å². The summed E-state index contributed by atoms with van der Waals surface area (Å²) in [5.74, 6) is 1.28. The summed E-state index contributed by atoms with van der Waals surface area (Å²) in [5, 5.41) is 0. The van der Waals surface area contributed by atoms with Crippen LogP contribution in [0.25, 0.3) is 0 Å². The molecule has 98 valence electrons. The molecule has 0 bridgehead atoms. The predicted octanol–water partition coefficient (Wildman–Crippen LogP) is 0.0191. The van der Waals surface area contributed by atoms with Gasteiger partial charge in [-0.1, -0.05) is 0 Å². The normalized spacial score (nSPS) is 16.6. The average molecular weight is 269 g/mol.